The molecule has 130 valence electrons. The Hall–Kier alpha value is -1.11. The maximum atomic E-state index is 4.38. The van der Waals surface area contributed by atoms with Crippen LogP contribution < -0.4 is 5.32 Å². The molecule has 1 heterocycles. The first-order valence-corrected chi connectivity index (χ1v) is 8.02. The molecule has 0 aliphatic rings. The maximum Gasteiger partial charge on any atom is 0.193 e. The second kappa shape index (κ2) is 12.3. The number of pyridine rings is 1. The zero-order chi connectivity index (χ0) is 16.4. The molecule has 0 fully saturated rings. The van der Waals surface area contributed by atoms with E-state index in [1.54, 1.807) is 0 Å². The third-order valence-electron chi connectivity index (χ3n) is 3.87. The van der Waals surface area contributed by atoms with Gasteiger partial charge in [0, 0.05) is 45.5 Å². The number of aromatic nitrogens is 1. The molecule has 1 aromatic rings. The summed E-state index contributed by atoms with van der Waals surface area (Å²) in [7, 11) is 3.91. The van der Waals surface area contributed by atoms with Crippen molar-refractivity contribution in [1.29, 1.82) is 0 Å². The van der Waals surface area contributed by atoms with Gasteiger partial charge in [-0.1, -0.05) is 26.0 Å². The van der Waals surface area contributed by atoms with E-state index in [1.807, 2.05) is 31.6 Å². The Balaban J connectivity index is 0.00000484. The monoisotopic (exact) mass is 430 g/mol. The van der Waals surface area contributed by atoms with Gasteiger partial charge in [-0.2, -0.15) is 0 Å². The summed E-state index contributed by atoms with van der Waals surface area (Å²) in [5.74, 6) is 1.91. The van der Waals surface area contributed by atoms with Gasteiger partial charge in [0.25, 0.3) is 0 Å². The van der Waals surface area contributed by atoms with Gasteiger partial charge in [0.05, 0.1) is 0 Å². The number of rotatable bonds is 8. The van der Waals surface area contributed by atoms with Gasteiger partial charge in [-0.3, -0.25) is 9.98 Å². The van der Waals surface area contributed by atoms with Crippen molar-refractivity contribution >= 4 is 29.9 Å². The van der Waals surface area contributed by atoms with Gasteiger partial charge in [-0.25, -0.2) is 0 Å². The lowest BCUT2D eigenvalue weighted by Crippen LogP contribution is -2.41. The molecule has 0 radical (unpaired) electrons. The third-order valence-corrected chi connectivity index (χ3v) is 3.87. The largest absolute Gasteiger partial charge is 0.356 e. The standard InChI is InChI=1S/C18H30N4.HI/c1-6-7-8-12-22(5)18(19-4)21-14-17(15(2)3)16-10-9-11-20-13-16;/h6,9-11,13,15,17H,1,7-8,12,14H2,2-5H3,(H,19,21);1H. The highest BCUT2D eigenvalue weighted by atomic mass is 127. The Labute approximate surface area is 158 Å². The normalized spacial score (nSPS) is 12.5. The number of hydrogen-bond acceptors (Lipinski definition) is 2. The van der Waals surface area contributed by atoms with Crippen LogP contribution in [-0.4, -0.2) is 43.0 Å². The predicted octanol–water partition coefficient (Wildman–Crippen LogP) is 3.91. The number of aliphatic imine (C=N–C) groups is 1. The first kappa shape index (κ1) is 21.9. The van der Waals surface area contributed by atoms with Gasteiger partial charge in [0.15, 0.2) is 5.96 Å². The highest BCUT2D eigenvalue weighted by Crippen LogP contribution is 2.22. The van der Waals surface area contributed by atoms with Crippen molar-refractivity contribution in [2.24, 2.45) is 10.9 Å². The van der Waals surface area contributed by atoms with Crippen LogP contribution in [0.3, 0.4) is 0 Å². The van der Waals surface area contributed by atoms with Gasteiger partial charge >= 0.3 is 0 Å². The third kappa shape index (κ3) is 7.81. The minimum atomic E-state index is 0. The predicted molar refractivity (Wildman–Crippen MR) is 111 cm³/mol. The Morgan fingerprint density at radius 1 is 1.48 bits per heavy atom. The topological polar surface area (TPSA) is 40.5 Å². The first-order valence-electron chi connectivity index (χ1n) is 8.02. The Morgan fingerprint density at radius 2 is 2.22 bits per heavy atom. The van der Waals surface area contributed by atoms with Crippen molar-refractivity contribution in [3.63, 3.8) is 0 Å². The van der Waals surface area contributed by atoms with Crippen LogP contribution in [0.15, 0.2) is 42.2 Å². The van der Waals surface area contributed by atoms with Crippen LogP contribution in [0.2, 0.25) is 0 Å². The minimum Gasteiger partial charge on any atom is -0.356 e. The number of nitrogens with zero attached hydrogens (tertiary/aromatic N) is 3. The number of hydrogen-bond donors (Lipinski definition) is 1. The SMILES string of the molecule is C=CCCCN(C)C(=NC)NCC(c1cccnc1)C(C)C.I. The molecule has 1 rings (SSSR count). The van der Waals surface area contributed by atoms with Gasteiger partial charge in [0.1, 0.15) is 0 Å². The van der Waals surface area contributed by atoms with E-state index in [2.05, 4.69) is 53.7 Å². The summed E-state index contributed by atoms with van der Waals surface area (Å²) >= 11 is 0. The second-order valence-corrected chi connectivity index (χ2v) is 5.92. The van der Waals surface area contributed by atoms with Crippen LogP contribution in [-0.2, 0) is 0 Å². The molecule has 0 saturated heterocycles. The maximum absolute atomic E-state index is 4.38. The lowest BCUT2D eigenvalue weighted by Gasteiger charge is -2.26. The molecular weight excluding hydrogens is 399 g/mol. The summed E-state index contributed by atoms with van der Waals surface area (Å²) in [6.45, 7) is 10.1. The van der Waals surface area contributed by atoms with E-state index in [1.165, 1.54) is 5.56 Å². The molecule has 1 atom stereocenters. The fraction of sp³-hybridized carbons (Fsp3) is 0.556. The molecule has 0 amide bonds. The molecule has 5 heteroatoms. The van der Waals surface area contributed by atoms with Gasteiger partial charge in [-0.15, -0.1) is 30.6 Å². The number of halogens is 1. The average molecular weight is 430 g/mol. The molecule has 23 heavy (non-hydrogen) atoms. The van der Waals surface area contributed by atoms with Gasteiger partial charge in [-0.05, 0) is 30.4 Å². The zero-order valence-electron chi connectivity index (χ0n) is 14.8. The number of guanidine groups is 1. The molecule has 1 unspecified atom stereocenters. The molecule has 0 bridgehead atoms. The summed E-state index contributed by atoms with van der Waals surface area (Å²) in [4.78, 5) is 10.8. The van der Waals surface area contributed by atoms with Crippen LogP contribution in [0.1, 0.15) is 38.2 Å². The van der Waals surface area contributed by atoms with Crippen molar-refractivity contribution in [2.45, 2.75) is 32.6 Å². The summed E-state index contributed by atoms with van der Waals surface area (Å²) in [5, 5.41) is 3.50. The van der Waals surface area contributed by atoms with E-state index in [9.17, 15) is 0 Å². The smallest absolute Gasteiger partial charge is 0.193 e. The molecule has 1 N–H and O–H groups in total. The zero-order valence-corrected chi connectivity index (χ0v) is 17.2. The lowest BCUT2D eigenvalue weighted by atomic mass is 9.89. The molecule has 1 aromatic heterocycles. The summed E-state index contributed by atoms with van der Waals surface area (Å²) in [5.41, 5.74) is 1.27. The Morgan fingerprint density at radius 3 is 2.74 bits per heavy atom. The van der Waals surface area contributed by atoms with E-state index in [0.29, 0.717) is 11.8 Å². The number of unbranched alkanes of at least 4 members (excludes halogenated alkanes) is 1. The van der Waals surface area contributed by atoms with Crippen LogP contribution in [0, 0.1) is 5.92 Å². The highest BCUT2D eigenvalue weighted by Gasteiger charge is 2.17. The van der Waals surface area contributed by atoms with Crippen LogP contribution in [0.4, 0.5) is 0 Å². The van der Waals surface area contributed by atoms with E-state index in [4.69, 9.17) is 0 Å². The molecule has 0 aliphatic carbocycles. The summed E-state index contributed by atoms with van der Waals surface area (Å²) in [6, 6.07) is 4.15. The van der Waals surface area contributed by atoms with Crippen LogP contribution in [0.25, 0.3) is 0 Å². The average Bonchev–Trinajstić information content (AvgIpc) is 2.52. The summed E-state index contributed by atoms with van der Waals surface area (Å²) < 4.78 is 0. The minimum absolute atomic E-state index is 0. The van der Waals surface area contributed by atoms with E-state index in [0.717, 1.165) is 31.9 Å². The van der Waals surface area contributed by atoms with Crippen LogP contribution >= 0.6 is 24.0 Å². The molecular formula is C18H31IN4. The van der Waals surface area contributed by atoms with Crippen molar-refractivity contribution < 1.29 is 0 Å². The van der Waals surface area contributed by atoms with Crippen molar-refractivity contribution in [1.82, 2.24) is 15.2 Å². The van der Waals surface area contributed by atoms with Crippen LogP contribution in [0.5, 0.6) is 0 Å². The fourth-order valence-electron chi connectivity index (χ4n) is 2.50. The van der Waals surface area contributed by atoms with Gasteiger partial charge < -0.3 is 10.2 Å². The summed E-state index contributed by atoms with van der Waals surface area (Å²) in [6.07, 6.45) is 7.87. The highest BCUT2D eigenvalue weighted by molar-refractivity contribution is 14.0. The second-order valence-electron chi connectivity index (χ2n) is 5.92. The Kier molecular flexibility index (Phi) is 11.7. The van der Waals surface area contributed by atoms with E-state index in [-0.39, 0.29) is 24.0 Å². The van der Waals surface area contributed by atoms with Crippen molar-refractivity contribution in [3.8, 4) is 0 Å². The van der Waals surface area contributed by atoms with Gasteiger partial charge in [0.2, 0.25) is 0 Å². The molecule has 0 aliphatic heterocycles. The Bertz CT molecular complexity index is 459. The molecule has 0 saturated carbocycles. The van der Waals surface area contributed by atoms with E-state index < -0.39 is 0 Å². The fourth-order valence-corrected chi connectivity index (χ4v) is 2.50. The molecule has 0 aromatic carbocycles. The van der Waals surface area contributed by atoms with E-state index >= 15 is 0 Å². The van der Waals surface area contributed by atoms with Crippen molar-refractivity contribution in [2.75, 3.05) is 27.2 Å². The lowest BCUT2D eigenvalue weighted by molar-refractivity contribution is 0.445. The first-order chi connectivity index (χ1) is 10.6. The number of nitrogens with one attached hydrogen (secondary N) is 1. The number of allylic oxidation sites excluding steroid dienone is 1. The quantitative estimate of drug-likeness (QED) is 0.224. The molecule has 0 spiro atoms. The van der Waals surface area contributed by atoms with Crippen molar-refractivity contribution in [3.05, 3.63) is 42.7 Å². The molecule has 4 nitrogen and oxygen atoms in total.